The van der Waals surface area contributed by atoms with Crippen LogP contribution in [-0.2, 0) is 14.3 Å². The summed E-state index contributed by atoms with van der Waals surface area (Å²) in [5.41, 5.74) is 9.92. The summed E-state index contributed by atoms with van der Waals surface area (Å²) >= 11 is 0. The number of hydrogen-bond acceptors (Lipinski definition) is 7. The summed E-state index contributed by atoms with van der Waals surface area (Å²) < 4.78 is 17.1. The summed E-state index contributed by atoms with van der Waals surface area (Å²) in [7, 11) is 1.49. The van der Waals surface area contributed by atoms with Gasteiger partial charge in [0.05, 0.1) is 13.0 Å². The maximum atomic E-state index is 13.2. The highest BCUT2D eigenvalue weighted by molar-refractivity contribution is 6.00. The number of allylic oxidation sites excluding steroid dienone is 3. The molecule has 2 aliphatic rings. The first-order chi connectivity index (χ1) is 17.5. The third kappa shape index (κ3) is 5.17. The van der Waals surface area contributed by atoms with Crippen LogP contribution in [0.15, 0.2) is 59.2 Å². The molecule has 1 atom stereocenters. The molecular weight excluding hydrogens is 470 g/mol. The topological polar surface area (TPSA) is 124 Å². The van der Waals surface area contributed by atoms with Gasteiger partial charge in [-0.25, -0.2) is 0 Å². The van der Waals surface area contributed by atoms with Crippen molar-refractivity contribution in [2.75, 3.05) is 19.0 Å². The molecule has 0 saturated heterocycles. The minimum Gasteiger partial charge on any atom is -0.493 e. The van der Waals surface area contributed by atoms with Crippen molar-refractivity contribution < 1.29 is 23.8 Å². The predicted molar refractivity (Wildman–Crippen MR) is 139 cm³/mol. The number of ketones is 1. The number of carbonyl (C=O) groups excluding carboxylic acids is 2. The van der Waals surface area contributed by atoms with Gasteiger partial charge < -0.3 is 25.3 Å². The van der Waals surface area contributed by atoms with Crippen LogP contribution in [0.4, 0.5) is 5.69 Å². The number of carbonyl (C=O) groups is 2. The van der Waals surface area contributed by atoms with E-state index >= 15 is 0 Å². The number of aryl methyl sites for hydroxylation is 1. The van der Waals surface area contributed by atoms with Crippen molar-refractivity contribution in [1.29, 1.82) is 5.26 Å². The Labute approximate surface area is 216 Å². The summed E-state index contributed by atoms with van der Waals surface area (Å²) in [5, 5.41) is 12.7. The lowest BCUT2D eigenvalue weighted by Crippen LogP contribution is -2.33. The average molecular weight is 502 g/mol. The van der Waals surface area contributed by atoms with Gasteiger partial charge in [0, 0.05) is 24.1 Å². The Balaban J connectivity index is 1.59. The number of Topliss-reactive ketones (excluding diaryl/α,β-unsaturated/α-hetero) is 1. The van der Waals surface area contributed by atoms with E-state index in [1.165, 1.54) is 7.11 Å². The van der Waals surface area contributed by atoms with E-state index in [0.717, 1.165) is 16.8 Å². The molecule has 0 radical (unpaired) electrons. The Morgan fingerprint density at radius 1 is 1.22 bits per heavy atom. The van der Waals surface area contributed by atoms with Gasteiger partial charge in [0.2, 0.25) is 5.88 Å². The van der Waals surface area contributed by atoms with E-state index < -0.39 is 5.92 Å². The molecule has 8 nitrogen and oxygen atoms in total. The Morgan fingerprint density at radius 3 is 2.68 bits per heavy atom. The Hall–Kier alpha value is -4.25. The van der Waals surface area contributed by atoms with Gasteiger partial charge in [0.25, 0.3) is 5.91 Å². The van der Waals surface area contributed by atoms with Gasteiger partial charge in [-0.15, -0.1) is 0 Å². The fourth-order valence-electron chi connectivity index (χ4n) is 4.82. The monoisotopic (exact) mass is 501 g/mol. The Bertz CT molecular complexity index is 1380. The van der Waals surface area contributed by atoms with Crippen LogP contribution in [0.1, 0.15) is 49.3 Å². The van der Waals surface area contributed by atoms with E-state index in [2.05, 4.69) is 11.4 Å². The van der Waals surface area contributed by atoms with E-state index in [0.29, 0.717) is 41.2 Å². The second kappa shape index (κ2) is 10.0. The number of benzene rings is 2. The largest absolute Gasteiger partial charge is 0.493 e. The number of nitrogens with zero attached hydrogens (tertiary/aromatic N) is 1. The maximum absolute atomic E-state index is 13.2. The molecule has 2 aromatic rings. The third-order valence-corrected chi connectivity index (χ3v) is 6.83. The fourth-order valence-corrected chi connectivity index (χ4v) is 4.82. The molecule has 0 bridgehead atoms. The van der Waals surface area contributed by atoms with Crippen molar-refractivity contribution in [2.24, 2.45) is 11.1 Å². The normalized spacial score (nSPS) is 18.5. The first-order valence-electron chi connectivity index (χ1n) is 12.0. The van der Waals surface area contributed by atoms with Crippen molar-refractivity contribution >= 4 is 17.4 Å². The van der Waals surface area contributed by atoms with Crippen LogP contribution >= 0.6 is 0 Å². The molecule has 192 valence electrons. The van der Waals surface area contributed by atoms with Crippen LogP contribution in [0.25, 0.3) is 0 Å². The summed E-state index contributed by atoms with van der Waals surface area (Å²) in [5.74, 6) is 0.174. The van der Waals surface area contributed by atoms with Gasteiger partial charge in [0.1, 0.15) is 17.4 Å². The first-order valence-corrected chi connectivity index (χ1v) is 12.0. The summed E-state index contributed by atoms with van der Waals surface area (Å²) in [6.07, 6.45) is 0.885. The SMILES string of the molecule is COc1cc(C2C(C#N)=C(N)OC3=C2C(=O)CC(C)(C)C3)ccc1OCC(=O)Nc1cccc(C)c1C. The van der Waals surface area contributed by atoms with Crippen molar-refractivity contribution in [2.45, 2.75) is 46.5 Å². The molecule has 1 heterocycles. The van der Waals surface area contributed by atoms with Crippen LogP contribution in [0.2, 0.25) is 0 Å². The molecule has 0 fully saturated rings. The van der Waals surface area contributed by atoms with E-state index in [-0.39, 0.29) is 35.2 Å². The zero-order valence-corrected chi connectivity index (χ0v) is 21.7. The molecule has 0 spiro atoms. The summed E-state index contributed by atoms with van der Waals surface area (Å²) in [6, 6.07) is 12.9. The van der Waals surface area contributed by atoms with Gasteiger partial charge >= 0.3 is 0 Å². The lowest BCUT2D eigenvalue weighted by Gasteiger charge is -2.37. The van der Waals surface area contributed by atoms with Crippen molar-refractivity contribution in [3.05, 3.63) is 75.9 Å². The molecule has 8 heteroatoms. The van der Waals surface area contributed by atoms with Gasteiger partial charge in [-0.3, -0.25) is 9.59 Å². The van der Waals surface area contributed by atoms with Crippen LogP contribution in [0.3, 0.4) is 0 Å². The van der Waals surface area contributed by atoms with Crippen LogP contribution < -0.4 is 20.5 Å². The number of rotatable bonds is 6. The summed E-state index contributed by atoms with van der Waals surface area (Å²) in [4.78, 5) is 25.7. The number of hydrogen-bond donors (Lipinski definition) is 2. The van der Waals surface area contributed by atoms with Gasteiger partial charge in [0.15, 0.2) is 23.9 Å². The van der Waals surface area contributed by atoms with E-state index in [4.69, 9.17) is 19.9 Å². The molecular formula is C29H31N3O5. The molecule has 2 aromatic carbocycles. The van der Waals surface area contributed by atoms with E-state index in [9.17, 15) is 14.9 Å². The molecule has 0 aromatic heterocycles. The smallest absolute Gasteiger partial charge is 0.262 e. The molecule has 37 heavy (non-hydrogen) atoms. The van der Waals surface area contributed by atoms with Crippen LogP contribution in [-0.4, -0.2) is 25.4 Å². The minimum absolute atomic E-state index is 0.000781. The van der Waals surface area contributed by atoms with Gasteiger partial charge in [-0.2, -0.15) is 5.26 Å². The molecule has 0 saturated carbocycles. The zero-order chi connectivity index (χ0) is 26.9. The highest BCUT2D eigenvalue weighted by Crippen LogP contribution is 2.48. The van der Waals surface area contributed by atoms with Gasteiger partial charge in [-0.1, -0.05) is 32.0 Å². The number of ether oxygens (including phenoxy) is 3. The number of nitriles is 1. The predicted octanol–water partition coefficient (Wildman–Crippen LogP) is 4.78. The average Bonchev–Trinajstić information content (AvgIpc) is 2.84. The van der Waals surface area contributed by atoms with E-state index in [1.807, 2.05) is 45.9 Å². The Morgan fingerprint density at radius 2 is 1.97 bits per heavy atom. The molecule has 1 unspecified atom stereocenters. The Kier molecular flexibility index (Phi) is 6.99. The van der Waals surface area contributed by atoms with Gasteiger partial charge in [-0.05, 0) is 54.2 Å². The van der Waals surface area contributed by atoms with Crippen molar-refractivity contribution in [3.63, 3.8) is 0 Å². The first kappa shape index (κ1) is 25.8. The summed E-state index contributed by atoms with van der Waals surface area (Å²) in [6.45, 7) is 7.70. The third-order valence-electron chi connectivity index (χ3n) is 6.83. The lowest BCUT2D eigenvalue weighted by atomic mass is 9.70. The zero-order valence-electron chi connectivity index (χ0n) is 21.7. The highest BCUT2D eigenvalue weighted by atomic mass is 16.5. The molecule has 4 rings (SSSR count). The lowest BCUT2D eigenvalue weighted by molar-refractivity contribution is -0.119. The van der Waals surface area contributed by atoms with Crippen LogP contribution in [0, 0.1) is 30.6 Å². The maximum Gasteiger partial charge on any atom is 0.262 e. The quantitative estimate of drug-likeness (QED) is 0.584. The highest BCUT2D eigenvalue weighted by Gasteiger charge is 2.43. The second-order valence-electron chi connectivity index (χ2n) is 10.2. The molecule has 3 N–H and O–H groups in total. The van der Waals surface area contributed by atoms with Crippen molar-refractivity contribution in [1.82, 2.24) is 0 Å². The molecule has 1 aliphatic heterocycles. The van der Waals surface area contributed by atoms with Crippen LogP contribution in [0.5, 0.6) is 11.5 Å². The number of nitrogens with one attached hydrogen (secondary N) is 1. The minimum atomic E-state index is -0.673. The number of anilines is 1. The standard InChI is InChI=1S/C29H31N3O5/c1-16-7-6-8-20(17(16)2)32-25(34)15-36-22-10-9-18(11-23(22)35-5)26-19(14-30)28(31)37-24-13-29(3,4)12-21(33)27(24)26/h6-11,26H,12-13,15,31H2,1-5H3,(H,32,34). The molecule has 1 aliphatic carbocycles. The number of amides is 1. The second-order valence-corrected chi connectivity index (χ2v) is 10.2. The fraction of sp³-hybridized carbons (Fsp3) is 0.345. The van der Waals surface area contributed by atoms with Crippen molar-refractivity contribution in [3.8, 4) is 17.6 Å². The number of nitrogens with two attached hydrogens (primary N) is 1. The number of methoxy groups -OCH3 is 1. The molecule has 1 amide bonds. The van der Waals surface area contributed by atoms with E-state index in [1.54, 1.807) is 18.2 Å².